The van der Waals surface area contributed by atoms with Gasteiger partial charge in [-0.3, -0.25) is 0 Å². The maximum Gasteiger partial charge on any atom is 0.343 e. The molecular formula is C34H39NO4. The van der Waals surface area contributed by atoms with E-state index in [2.05, 4.69) is 6.92 Å². The number of rotatable bonds is 15. The monoisotopic (exact) mass is 525 g/mol. The van der Waals surface area contributed by atoms with Crippen LogP contribution in [0.4, 0.5) is 0 Å². The van der Waals surface area contributed by atoms with E-state index in [-0.39, 0.29) is 0 Å². The molecule has 5 nitrogen and oxygen atoms in total. The number of carbonyl (C=O) groups is 2. The summed E-state index contributed by atoms with van der Waals surface area (Å²) in [6.07, 6.45) is 14.3. The van der Waals surface area contributed by atoms with Crippen LogP contribution in [0.1, 0.15) is 109 Å². The second-order valence-electron chi connectivity index (χ2n) is 10.0. The zero-order valence-corrected chi connectivity index (χ0v) is 23.2. The van der Waals surface area contributed by atoms with Crippen LogP contribution in [0.3, 0.4) is 0 Å². The van der Waals surface area contributed by atoms with Crippen LogP contribution in [0.15, 0.2) is 66.7 Å². The fourth-order valence-electron chi connectivity index (χ4n) is 4.44. The molecule has 3 aromatic rings. The number of nitriles is 1. The number of benzene rings is 3. The smallest absolute Gasteiger partial charge is 0.343 e. The Hall–Kier alpha value is -3.91. The minimum absolute atomic E-state index is 0.341. The third-order valence-corrected chi connectivity index (χ3v) is 6.82. The SMILES string of the molecule is CCCCCCCCCCCCc1ccc(OC(=O)c2ccc(OC(=O)c3ccc(C#N)cc3)c(C)c2)cc1. The van der Waals surface area contributed by atoms with Crippen molar-refractivity contribution in [2.24, 2.45) is 0 Å². The molecule has 0 aliphatic heterocycles. The number of ether oxygens (including phenoxy) is 2. The molecule has 0 heterocycles. The number of esters is 2. The standard InChI is InChI=1S/C34H39NO4/c1-3-4-5-6-7-8-9-10-11-12-13-27-16-21-31(22-17-27)38-34(37)30-20-23-32(26(2)24-30)39-33(36)29-18-14-28(25-35)15-19-29/h14-24H,3-13H2,1-2H3. The number of hydrogen-bond donors (Lipinski definition) is 0. The predicted molar refractivity (Wildman–Crippen MR) is 154 cm³/mol. The Bertz CT molecular complexity index is 1240. The minimum atomic E-state index is -0.532. The molecule has 39 heavy (non-hydrogen) atoms. The Kier molecular flexibility index (Phi) is 12.3. The van der Waals surface area contributed by atoms with Crippen LogP contribution in [0.2, 0.25) is 0 Å². The molecule has 0 spiro atoms. The van der Waals surface area contributed by atoms with Crippen LogP contribution >= 0.6 is 0 Å². The molecule has 204 valence electrons. The maximum absolute atomic E-state index is 12.7. The fourth-order valence-corrected chi connectivity index (χ4v) is 4.44. The molecule has 0 aliphatic rings. The van der Waals surface area contributed by atoms with Crippen LogP contribution in [0.5, 0.6) is 11.5 Å². The summed E-state index contributed by atoms with van der Waals surface area (Å²) in [5, 5.41) is 8.89. The second kappa shape index (κ2) is 16.1. The molecule has 0 fully saturated rings. The lowest BCUT2D eigenvalue weighted by Crippen LogP contribution is -2.11. The predicted octanol–water partition coefficient (Wildman–Crippen LogP) is 8.77. The first-order chi connectivity index (χ1) is 19.0. The van der Waals surface area contributed by atoms with Crippen molar-refractivity contribution < 1.29 is 19.1 Å². The summed E-state index contributed by atoms with van der Waals surface area (Å²) in [5.41, 5.74) is 3.07. The summed E-state index contributed by atoms with van der Waals surface area (Å²) in [5.74, 6) is -0.139. The number of carbonyl (C=O) groups excluding carboxylic acids is 2. The summed E-state index contributed by atoms with van der Waals surface area (Å²) >= 11 is 0. The largest absolute Gasteiger partial charge is 0.423 e. The highest BCUT2D eigenvalue weighted by Crippen LogP contribution is 2.23. The van der Waals surface area contributed by atoms with Gasteiger partial charge in [0.2, 0.25) is 0 Å². The average molecular weight is 526 g/mol. The van der Waals surface area contributed by atoms with Crippen molar-refractivity contribution in [3.05, 3.63) is 94.5 Å². The quantitative estimate of drug-likeness (QED) is 0.113. The van der Waals surface area contributed by atoms with Gasteiger partial charge in [0.1, 0.15) is 11.5 Å². The van der Waals surface area contributed by atoms with Gasteiger partial charge in [-0.25, -0.2) is 9.59 Å². The first kappa shape index (κ1) is 29.6. The van der Waals surface area contributed by atoms with E-state index < -0.39 is 11.9 Å². The van der Waals surface area contributed by atoms with Gasteiger partial charge in [0.25, 0.3) is 0 Å². The van der Waals surface area contributed by atoms with Crippen molar-refractivity contribution in [1.82, 2.24) is 0 Å². The maximum atomic E-state index is 12.7. The third-order valence-electron chi connectivity index (χ3n) is 6.82. The van der Waals surface area contributed by atoms with E-state index in [1.165, 1.54) is 69.8 Å². The molecule has 0 radical (unpaired) electrons. The van der Waals surface area contributed by atoms with Gasteiger partial charge < -0.3 is 9.47 Å². The van der Waals surface area contributed by atoms with Crippen molar-refractivity contribution >= 4 is 11.9 Å². The van der Waals surface area contributed by atoms with Crippen molar-refractivity contribution in [3.63, 3.8) is 0 Å². The Labute approximate surface area is 232 Å². The van der Waals surface area contributed by atoms with Crippen molar-refractivity contribution in [2.45, 2.75) is 84.5 Å². The van der Waals surface area contributed by atoms with Crippen LogP contribution in [0, 0.1) is 18.3 Å². The topological polar surface area (TPSA) is 76.4 Å². The van der Waals surface area contributed by atoms with Gasteiger partial charge in [0.15, 0.2) is 0 Å². The molecule has 3 rings (SSSR count). The van der Waals surface area contributed by atoms with Gasteiger partial charge in [-0.1, -0.05) is 76.8 Å². The van der Waals surface area contributed by atoms with Gasteiger partial charge in [0, 0.05) is 0 Å². The molecule has 0 atom stereocenters. The van der Waals surface area contributed by atoms with E-state index in [1.807, 2.05) is 30.3 Å². The number of hydrogen-bond acceptors (Lipinski definition) is 5. The van der Waals surface area contributed by atoms with Crippen LogP contribution < -0.4 is 9.47 Å². The molecule has 5 heteroatoms. The van der Waals surface area contributed by atoms with E-state index in [4.69, 9.17) is 14.7 Å². The lowest BCUT2D eigenvalue weighted by molar-refractivity contribution is 0.0730. The molecule has 0 amide bonds. The Balaban J connectivity index is 1.41. The fraction of sp³-hybridized carbons (Fsp3) is 0.382. The van der Waals surface area contributed by atoms with Crippen molar-refractivity contribution in [1.29, 1.82) is 5.26 Å². The number of nitrogens with zero attached hydrogens (tertiary/aromatic N) is 1. The Morgan fingerprint density at radius 3 is 1.85 bits per heavy atom. The molecule has 0 saturated heterocycles. The second-order valence-corrected chi connectivity index (χ2v) is 10.0. The van der Waals surface area contributed by atoms with E-state index in [1.54, 1.807) is 49.4 Å². The molecule has 0 unspecified atom stereocenters. The third kappa shape index (κ3) is 10.1. The first-order valence-corrected chi connectivity index (χ1v) is 14.1. The van der Waals surface area contributed by atoms with Crippen LogP contribution in [0.25, 0.3) is 0 Å². The molecule has 0 saturated carbocycles. The lowest BCUT2D eigenvalue weighted by Gasteiger charge is -2.10. The van der Waals surface area contributed by atoms with Crippen molar-refractivity contribution in [2.75, 3.05) is 0 Å². The van der Waals surface area contributed by atoms with E-state index in [0.717, 1.165) is 6.42 Å². The molecule has 0 N–H and O–H groups in total. The zero-order valence-electron chi connectivity index (χ0n) is 23.2. The van der Waals surface area contributed by atoms with Gasteiger partial charge in [-0.15, -0.1) is 0 Å². The van der Waals surface area contributed by atoms with E-state index in [0.29, 0.717) is 33.8 Å². The van der Waals surface area contributed by atoms with Gasteiger partial charge in [-0.05, 0) is 85.5 Å². The summed E-state index contributed by atoms with van der Waals surface area (Å²) in [6, 6.07) is 20.8. The van der Waals surface area contributed by atoms with Gasteiger partial charge in [-0.2, -0.15) is 5.26 Å². The minimum Gasteiger partial charge on any atom is -0.423 e. The Morgan fingerprint density at radius 2 is 1.26 bits per heavy atom. The first-order valence-electron chi connectivity index (χ1n) is 14.1. The molecule has 0 aromatic heterocycles. The average Bonchev–Trinajstić information content (AvgIpc) is 2.96. The van der Waals surface area contributed by atoms with Gasteiger partial charge in [0.05, 0.1) is 22.8 Å². The summed E-state index contributed by atoms with van der Waals surface area (Å²) < 4.78 is 11.0. The highest BCUT2D eigenvalue weighted by molar-refractivity contribution is 5.93. The number of aryl methyl sites for hydroxylation is 2. The highest BCUT2D eigenvalue weighted by Gasteiger charge is 2.14. The highest BCUT2D eigenvalue weighted by atomic mass is 16.5. The molecular weight excluding hydrogens is 486 g/mol. The summed E-state index contributed by atoms with van der Waals surface area (Å²) in [6.45, 7) is 4.02. The summed E-state index contributed by atoms with van der Waals surface area (Å²) in [4.78, 5) is 25.1. The molecule has 0 bridgehead atoms. The lowest BCUT2D eigenvalue weighted by atomic mass is 10.0. The molecule has 0 aliphatic carbocycles. The van der Waals surface area contributed by atoms with Gasteiger partial charge >= 0.3 is 11.9 Å². The summed E-state index contributed by atoms with van der Waals surface area (Å²) in [7, 11) is 0. The Morgan fingerprint density at radius 1 is 0.692 bits per heavy atom. The van der Waals surface area contributed by atoms with Crippen LogP contribution in [-0.4, -0.2) is 11.9 Å². The zero-order chi connectivity index (χ0) is 27.9. The van der Waals surface area contributed by atoms with E-state index >= 15 is 0 Å². The molecule has 3 aromatic carbocycles. The van der Waals surface area contributed by atoms with E-state index in [9.17, 15) is 9.59 Å². The number of unbranched alkanes of at least 4 members (excludes halogenated alkanes) is 9. The van der Waals surface area contributed by atoms with Crippen LogP contribution in [-0.2, 0) is 6.42 Å². The van der Waals surface area contributed by atoms with Crippen molar-refractivity contribution in [3.8, 4) is 17.6 Å². The normalized spacial score (nSPS) is 10.6.